The standard InChI is InChI=1S/C30H41N3O5S/c1-3-23(18-30(35)36)24-6-8-26(9-7-24)37-17-5-4-12-32-13-15-33(16-14-32)20-25(34)21-38-27-10-11-29-28(19-27)31-22(2)39-29/h6-11,19,23,25,34H,3-5,12-18,20-21H2,1-2H3,(H,35,36)/t23?,25-/m1/s1. The number of hydrogen-bond donors (Lipinski definition) is 2. The molecule has 39 heavy (non-hydrogen) atoms. The van der Waals surface area contributed by atoms with Crippen molar-refractivity contribution in [3.05, 3.63) is 53.0 Å². The molecule has 3 aromatic rings. The van der Waals surface area contributed by atoms with E-state index in [4.69, 9.17) is 14.6 Å². The molecule has 1 saturated heterocycles. The molecule has 4 rings (SSSR count). The SMILES string of the molecule is CCC(CC(=O)O)c1ccc(OCCCCN2CCN(C[C@@H](O)COc3ccc4sc(C)nc4c3)CC2)cc1. The summed E-state index contributed by atoms with van der Waals surface area (Å²) in [6, 6.07) is 13.8. The van der Waals surface area contributed by atoms with Crippen LogP contribution in [0.15, 0.2) is 42.5 Å². The van der Waals surface area contributed by atoms with Gasteiger partial charge >= 0.3 is 5.97 Å². The molecule has 0 amide bonds. The summed E-state index contributed by atoms with van der Waals surface area (Å²) in [4.78, 5) is 20.3. The van der Waals surface area contributed by atoms with E-state index in [1.807, 2.05) is 56.3 Å². The van der Waals surface area contributed by atoms with E-state index in [1.54, 1.807) is 11.3 Å². The van der Waals surface area contributed by atoms with Crippen LogP contribution in [-0.4, -0.2) is 89.6 Å². The number of aliphatic hydroxyl groups is 1. The van der Waals surface area contributed by atoms with Crippen molar-refractivity contribution in [1.82, 2.24) is 14.8 Å². The first-order valence-electron chi connectivity index (χ1n) is 14.0. The Bertz CT molecular complexity index is 1180. The predicted octanol–water partition coefficient (Wildman–Crippen LogP) is 4.79. The topological polar surface area (TPSA) is 95.4 Å². The van der Waals surface area contributed by atoms with Gasteiger partial charge in [-0.25, -0.2) is 4.98 Å². The van der Waals surface area contributed by atoms with E-state index in [2.05, 4.69) is 14.8 Å². The van der Waals surface area contributed by atoms with Crippen LogP contribution in [0.1, 0.15) is 49.1 Å². The largest absolute Gasteiger partial charge is 0.494 e. The number of nitrogens with zero attached hydrogens (tertiary/aromatic N) is 3. The Hall–Kier alpha value is -2.72. The molecule has 0 spiro atoms. The summed E-state index contributed by atoms with van der Waals surface area (Å²) in [6.45, 7) is 10.5. The van der Waals surface area contributed by atoms with Crippen LogP contribution < -0.4 is 9.47 Å². The number of carboxylic acid groups (broad SMARTS) is 1. The van der Waals surface area contributed by atoms with Gasteiger partial charge in [0.1, 0.15) is 24.2 Å². The Labute approximate surface area is 235 Å². The maximum atomic E-state index is 11.0. The first-order chi connectivity index (χ1) is 18.9. The Morgan fingerprint density at radius 3 is 2.46 bits per heavy atom. The molecule has 9 heteroatoms. The van der Waals surface area contributed by atoms with E-state index in [0.29, 0.717) is 13.2 Å². The Balaban J connectivity index is 1.06. The van der Waals surface area contributed by atoms with Crippen LogP contribution in [0.4, 0.5) is 0 Å². The van der Waals surface area contributed by atoms with Crippen molar-refractivity contribution in [2.75, 3.05) is 52.5 Å². The smallest absolute Gasteiger partial charge is 0.303 e. The second-order valence-corrected chi connectivity index (χ2v) is 11.5. The van der Waals surface area contributed by atoms with Crippen molar-refractivity contribution < 1.29 is 24.5 Å². The van der Waals surface area contributed by atoms with Crippen LogP contribution in [0.3, 0.4) is 0 Å². The van der Waals surface area contributed by atoms with Gasteiger partial charge in [0, 0.05) is 38.8 Å². The van der Waals surface area contributed by atoms with Gasteiger partial charge in [-0.15, -0.1) is 11.3 Å². The molecular weight excluding hydrogens is 514 g/mol. The number of rotatable bonds is 15. The normalized spacial score (nSPS) is 16.3. The molecule has 1 aliphatic rings. The number of unbranched alkanes of at least 4 members (excludes halogenated alkanes) is 1. The summed E-state index contributed by atoms with van der Waals surface area (Å²) in [6.07, 6.45) is 2.50. The molecule has 0 bridgehead atoms. The van der Waals surface area contributed by atoms with Gasteiger partial charge in [-0.2, -0.15) is 0 Å². The minimum Gasteiger partial charge on any atom is -0.494 e. The first-order valence-corrected chi connectivity index (χ1v) is 14.8. The Kier molecular flexibility index (Phi) is 11.0. The lowest BCUT2D eigenvalue weighted by molar-refractivity contribution is -0.137. The highest BCUT2D eigenvalue weighted by Crippen LogP contribution is 2.26. The fourth-order valence-corrected chi connectivity index (χ4v) is 5.83. The Morgan fingerprint density at radius 1 is 1.03 bits per heavy atom. The minimum atomic E-state index is -0.761. The summed E-state index contributed by atoms with van der Waals surface area (Å²) in [7, 11) is 0. The molecule has 0 radical (unpaired) electrons. The molecule has 2 N–H and O–H groups in total. The maximum absolute atomic E-state index is 11.0. The second kappa shape index (κ2) is 14.6. The van der Waals surface area contributed by atoms with Crippen LogP contribution in [0.25, 0.3) is 10.2 Å². The lowest BCUT2D eigenvalue weighted by Crippen LogP contribution is -2.49. The number of fused-ring (bicyclic) bond motifs is 1. The molecule has 2 aromatic carbocycles. The number of aliphatic carboxylic acids is 1. The molecule has 1 aromatic heterocycles. The third kappa shape index (κ3) is 9.17. The van der Waals surface area contributed by atoms with E-state index in [1.165, 1.54) is 0 Å². The second-order valence-electron chi connectivity index (χ2n) is 10.3. The van der Waals surface area contributed by atoms with Gasteiger partial charge in [-0.3, -0.25) is 9.69 Å². The number of β-amino-alcohol motifs (C(OH)–C–C–N with tert-alkyl or cyclic N) is 1. The number of thiazole rings is 1. The molecule has 0 aliphatic carbocycles. The highest BCUT2D eigenvalue weighted by molar-refractivity contribution is 7.18. The monoisotopic (exact) mass is 555 g/mol. The minimum absolute atomic E-state index is 0.0443. The van der Waals surface area contributed by atoms with Crippen LogP contribution in [-0.2, 0) is 4.79 Å². The molecular formula is C30H41N3O5S. The van der Waals surface area contributed by atoms with Crippen LogP contribution >= 0.6 is 11.3 Å². The molecule has 212 valence electrons. The van der Waals surface area contributed by atoms with E-state index >= 15 is 0 Å². The zero-order valence-electron chi connectivity index (χ0n) is 23.1. The molecule has 2 atom stereocenters. The van der Waals surface area contributed by atoms with Crippen LogP contribution in [0.5, 0.6) is 11.5 Å². The number of benzene rings is 2. The predicted molar refractivity (Wildman–Crippen MR) is 155 cm³/mol. The van der Waals surface area contributed by atoms with Crippen molar-refractivity contribution in [2.45, 2.75) is 51.6 Å². The van der Waals surface area contributed by atoms with E-state index in [-0.39, 0.29) is 18.9 Å². The lowest BCUT2D eigenvalue weighted by Gasteiger charge is -2.35. The number of carboxylic acids is 1. The van der Waals surface area contributed by atoms with Gasteiger partial charge in [-0.1, -0.05) is 19.1 Å². The molecule has 8 nitrogen and oxygen atoms in total. The van der Waals surface area contributed by atoms with Crippen molar-refractivity contribution >= 4 is 27.5 Å². The van der Waals surface area contributed by atoms with Gasteiger partial charge in [0.15, 0.2) is 0 Å². The van der Waals surface area contributed by atoms with Crippen molar-refractivity contribution in [3.8, 4) is 11.5 Å². The average Bonchev–Trinajstić information content (AvgIpc) is 3.31. The molecule has 1 fully saturated rings. The summed E-state index contributed by atoms with van der Waals surface area (Å²) in [5, 5.41) is 20.6. The van der Waals surface area contributed by atoms with Crippen LogP contribution in [0, 0.1) is 6.92 Å². The number of piperazine rings is 1. The van der Waals surface area contributed by atoms with Crippen molar-refractivity contribution in [2.24, 2.45) is 0 Å². The van der Waals surface area contributed by atoms with E-state index < -0.39 is 12.1 Å². The molecule has 1 unspecified atom stereocenters. The third-order valence-electron chi connectivity index (χ3n) is 7.24. The number of carbonyl (C=O) groups is 1. The number of ether oxygens (including phenoxy) is 2. The number of hydrogen-bond acceptors (Lipinski definition) is 8. The van der Waals surface area contributed by atoms with Gasteiger partial charge in [0.25, 0.3) is 0 Å². The third-order valence-corrected chi connectivity index (χ3v) is 8.20. The molecule has 2 heterocycles. The van der Waals surface area contributed by atoms with Gasteiger partial charge < -0.3 is 24.6 Å². The quantitative estimate of drug-likeness (QED) is 0.259. The highest BCUT2D eigenvalue weighted by Gasteiger charge is 2.19. The fourth-order valence-electron chi connectivity index (χ4n) is 5.02. The Morgan fingerprint density at radius 2 is 1.74 bits per heavy atom. The van der Waals surface area contributed by atoms with Crippen molar-refractivity contribution in [1.29, 1.82) is 0 Å². The van der Waals surface area contributed by atoms with Gasteiger partial charge in [0.2, 0.25) is 0 Å². The summed E-state index contributed by atoms with van der Waals surface area (Å²) >= 11 is 1.67. The summed E-state index contributed by atoms with van der Waals surface area (Å²) in [5.74, 6) is 0.864. The lowest BCUT2D eigenvalue weighted by atomic mass is 9.93. The van der Waals surface area contributed by atoms with E-state index in [9.17, 15) is 9.90 Å². The highest BCUT2D eigenvalue weighted by atomic mass is 32.1. The average molecular weight is 556 g/mol. The van der Waals surface area contributed by atoms with Crippen molar-refractivity contribution in [3.63, 3.8) is 0 Å². The summed E-state index contributed by atoms with van der Waals surface area (Å²) < 4.78 is 12.9. The number of aliphatic hydroxyl groups excluding tert-OH is 1. The number of aromatic nitrogens is 1. The van der Waals surface area contributed by atoms with E-state index in [0.717, 1.165) is 84.3 Å². The zero-order valence-corrected chi connectivity index (χ0v) is 23.9. The van der Waals surface area contributed by atoms with Gasteiger partial charge in [-0.05, 0) is 68.5 Å². The van der Waals surface area contributed by atoms with Crippen LogP contribution in [0.2, 0.25) is 0 Å². The molecule has 0 saturated carbocycles. The number of aryl methyl sites for hydroxylation is 1. The van der Waals surface area contributed by atoms with Gasteiger partial charge in [0.05, 0.1) is 28.3 Å². The first kappa shape index (κ1) is 29.3. The molecule has 1 aliphatic heterocycles. The fraction of sp³-hybridized carbons (Fsp3) is 0.533. The summed E-state index contributed by atoms with van der Waals surface area (Å²) in [5.41, 5.74) is 2.00. The zero-order chi connectivity index (χ0) is 27.6. The maximum Gasteiger partial charge on any atom is 0.303 e.